The van der Waals surface area contributed by atoms with E-state index in [2.05, 4.69) is 16.0 Å². The van der Waals surface area contributed by atoms with Crippen molar-refractivity contribution in [3.8, 4) is 0 Å². The molecule has 0 aliphatic carbocycles. The van der Waals surface area contributed by atoms with Gasteiger partial charge in [0.15, 0.2) is 9.84 Å². The molecule has 0 saturated heterocycles. The number of benzene rings is 3. The lowest BCUT2D eigenvalue weighted by atomic mass is 9.98. The van der Waals surface area contributed by atoms with Gasteiger partial charge >= 0.3 is 6.03 Å². The molecule has 4 rings (SSSR count). The summed E-state index contributed by atoms with van der Waals surface area (Å²) in [5.41, 5.74) is 3.05. The lowest BCUT2D eigenvalue weighted by Crippen LogP contribution is -2.31. The fourth-order valence-electron chi connectivity index (χ4n) is 3.99. The fourth-order valence-corrected chi connectivity index (χ4v) is 5.81. The van der Waals surface area contributed by atoms with E-state index in [9.17, 15) is 17.6 Å². The third-order valence-corrected chi connectivity index (χ3v) is 8.38. The Bertz CT molecular complexity index is 1370. The Labute approximate surface area is 213 Å². The minimum absolute atomic E-state index is 0.0429. The van der Waals surface area contributed by atoms with Crippen LogP contribution >= 0.6 is 23.2 Å². The van der Waals surface area contributed by atoms with Gasteiger partial charge in [-0.15, -0.1) is 0 Å². The highest BCUT2D eigenvalue weighted by atomic mass is 35.5. The lowest BCUT2D eigenvalue weighted by molar-refractivity contribution is 0.249. The van der Waals surface area contributed by atoms with E-state index in [-0.39, 0.29) is 10.5 Å². The molecule has 1 atom stereocenters. The highest BCUT2D eigenvalue weighted by Gasteiger charge is 2.21. The van der Waals surface area contributed by atoms with Gasteiger partial charge in [-0.25, -0.2) is 17.6 Å². The van der Waals surface area contributed by atoms with E-state index in [1.165, 1.54) is 30.3 Å². The number of halogens is 3. The Hall–Kier alpha value is -2.65. The van der Waals surface area contributed by atoms with Crippen molar-refractivity contribution in [2.24, 2.45) is 0 Å². The molecule has 1 heterocycles. The van der Waals surface area contributed by atoms with Gasteiger partial charge in [-0.05, 0) is 73.0 Å². The molecule has 1 unspecified atom stereocenters. The van der Waals surface area contributed by atoms with Gasteiger partial charge < -0.3 is 16.0 Å². The van der Waals surface area contributed by atoms with Crippen molar-refractivity contribution in [1.82, 2.24) is 10.6 Å². The molecule has 35 heavy (non-hydrogen) atoms. The second-order valence-electron chi connectivity index (χ2n) is 8.39. The van der Waals surface area contributed by atoms with Crippen molar-refractivity contribution in [3.63, 3.8) is 0 Å². The molecule has 3 aromatic carbocycles. The van der Waals surface area contributed by atoms with Gasteiger partial charge in [-0.3, -0.25) is 0 Å². The molecule has 3 N–H and O–H groups in total. The topological polar surface area (TPSA) is 87.3 Å². The number of amides is 2. The van der Waals surface area contributed by atoms with Crippen molar-refractivity contribution >= 4 is 44.8 Å². The third-order valence-electron chi connectivity index (χ3n) is 5.87. The number of urea groups is 1. The molecular weight excluding hydrogens is 512 g/mol. The SMILES string of the molecule is CC(NC(=O)Nc1ccc(S(=O)(=O)Cc2cc3c(cc2F)CNCC3)cc1)c1cccc(Cl)c1Cl. The number of fused-ring (bicyclic) bond motifs is 1. The van der Waals surface area contributed by atoms with Crippen molar-refractivity contribution in [3.05, 3.63) is 92.7 Å². The Balaban J connectivity index is 1.42. The Kier molecular flexibility index (Phi) is 7.66. The zero-order chi connectivity index (χ0) is 25.2. The summed E-state index contributed by atoms with van der Waals surface area (Å²) in [5.74, 6) is -0.968. The second kappa shape index (κ2) is 10.5. The van der Waals surface area contributed by atoms with Gasteiger partial charge in [0, 0.05) is 17.8 Å². The normalized spacial score (nSPS) is 14.2. The van der Waals surface area contributed by atoms with Gasteiger partial charge in [0.05, 0.1) is 26.7 Å². The standard InChI is InChI=1S/C25H24Cl2FN3O3S/c1-15(21-3-2-4-22(26)24(21)27)30-25(32)31-19-5-7-20(8-6-19)35(33,34)14-18-11-16-9-10-29-13-17(16)12-23(18)28/h2-8,11-12,15,29H,9-10,13-14H2,1H3,(H2,30,31,32). The van der Waals surface area contributed by atoms with Crippen LogP contribution in [0.5, 0.6) is 0 Å². The molecule has 1 aliphatic heterocycles. The van der Waals surface area contributed by atoms with E-state index in [0.29, 0.717) is 27.8 Å². The number of anilines is 1. The Morgan fingerprint density at radius 1 is 1.11 bits per heavy atom. The molecule has 0 fully saturated rings. The van der Waals surface area contributed by atoms with Gasteiger partial charge in [0.2, 0.25) is 0 Å². The summed E-state index contributed by atoms with van der Waals surface area (Å²) in [7, 11) is -3.78. The number of carbonyl (C=O) groups excluding carboxylic acids is 1. The summed E-state index contributed by atoms with van der Waals surface area (Å²) >= 11 is 12.2. The zero-order valence-electron chi connectivity index (χ0n) is 18.9. The van der Waals surface area contributed by atoms with Crippen LogP contribution < -0.4 is 16.0 Å². The van der Waals surface area contributed by atoms with E-state index < -0.39 is 33.5 Å². The highest BCUT2D eigenvalue weighted by Crippen LogP contribution is 2.30. The maximum absolute atomic E-state index is 14.5. The number of hydrogen-bond donors (Lipinski definition) is 3. The first-order valence-corrected chi connectivity index (χ1v) is 13.4. The second-order valence-corrected chi connectivity index (χ2v) is 11.2. The van der Waals surface area contributed by atoms with Crippen molar-refractivity contribution in [1.29, 1.82) is 0 Å². The number of rotatable bonds is 6. The van der Waals surface area contributed by atoms with Crippen LogP contribution in [0.2, 0.25) is 10.0 Å². The maximum Gasteiger partial charge on any atom is 0.319 e. The van der Waals surface area contributed by atoms with Crippen LogP contribution in [0, 0.1) is 5.82 Å². The minimum Gasteiger partial charge on any atom is -0.331 e. The predicted molar refractivity (Wildman–Crippen MR) is 136 cm³/mol. The quantitative estimate of drug-likeness (QED) is 0.381. The fraction of sp³-hybridized carbons (Fsp3) is 0.240. The number of carbonyl (C=O) groups is 1. The Morgan fingerprint density at radius 3 is 2.60 bits per heavy atom. The van der Waals surface area contributed by atoms with Crippen molar-refractivity contribution in [2.45, 2.75) is 36.6 Å². The average Bonchev–Trinajstić information content (AvgIpc) is 2.81. The van der Waals surface area contributed by atoms with Crippen molar-refractivity contribution in [2.75, 3.05) is 11.9 Å². The van der Waals surface area contributed by atoms with E-state index >= 15 is 0 Å². The summed E-state index contributed by atoms with van der Waals surface area (Å²) in [6.45, 7) is 3.12. The molecule has 184 valence electrons. The van der Waals surface area contributed by atoms with Gasteiger partial charge in [0.1, 0.15) is 5.82 Å². The monoisotopic (exact) mass is 535 g/mol. The summed E-state index contributed by atoms with van der Waals surface area (Å²) in [5, 5.41) is 9.35. The van der Waals surface area contributed by atoms with Gasteiger partial charge in [-0.2, -0.15) is 0 Å². The summed E-state index contributed by atoms with van der Waals surface area (Å²) in [6, 6.07) is 13.1. The van der Waals surface area contributed by atoms with Gasteiger partial charge in [0.25, 0.3) is 0 Å². The van der Waals surface area contributed by atoms with Crippen LogP contribution in [-0.4, -0.2) is 21.0 Å². The largest absolute Gasteiger partial charge is 0.331 e. The number of sulfone groups is 1. The molecule has 0 spiro atoms. The maximum atomic E-state index is 14.5. The smallest absolute Gasteiger partial charge is 0.319 e. The molecule has 1 aliphatic rings. The van der Waals surface area contributed by atoms with Gasteiger partial charge in [-0.1, -0.05) is 41.4 Å². The molecule has 10 heteroatoms. The van der Waals surface area contributed by atoms with E-state index in [0.717, 1.165) is 24.1 Å². The molecule has 0 radical (unpaired) electrons. The predicted octanol–water partition coefficient (Wildman–Crippen LogP) is 5.63. The first-order chi connectivity index (χ1) is 16.6. The molecule has 0 aromatic heterocycles. The summed E-state index contributed by atoms with van der Waals surface area (Å²) in [4.78, 5) is 12.5. The number of nitrogens with one attached hydrogen (secondary N) is 3. The van der Waals surface area contributed by atoms with Crippen LogP contribution in [0.1, 0.15) is 35.2 Å². The molecule has 3 aromatic rings. The molecule has 6 nitrogen and oxygen atoms in total. The van der Waals surface area contributed by atoms with Crippen LogP contribution in [-0.2, 0) is 28.6 Å². The summed E-state index contributed by atoms with van der Waals surface area (Å²) in [6.07, 6.45) is 0.729. The third kappa shape index (κ3) is 5.95. The molecule has 2 amide bonds. The van der Waals surface area contributed by atoms with Crippen molar-refractivity contribution < 1.29 is 17.6 Å². The zero-order valence-corrected chi connectivity index (χ0v) is 21.2. The minimum atomic E-state index is -3.78. The molecular formula is C25H24Cl2FN3O3S. The average molecular weight is 536 g/mol. The van der Waals surface area contributed by atoms with E-state index in [1.54, 1.807) is 31.2 Å². The van der Waals surface area contributed by atoms with Crippen LogP contribution in [0.3, 0.4) is 0 Å². The van der Waals surface area contributed by atoms with E-state index in [1.807, 2.05) is 0 Å². The highest BCUT2D eigenvalue weighted by molar-refractivity contribution is 7.90. The summed E-state index contributed by atoms with van der Waals surface area (Å²) < 4.78 is 40.4. The lowest BCUT2D eigenvalue weighted by Gasteiger charge is -2.18. The van der Waals surface area contributed by atoms with Crippen LogP contribution in [0.15, 0.2) is 59.5 Å². The molecule has 0 bridgehead atoms. The van der Waals surface area contributed by atoms with Crippen LogP contribution in [0.25, 0.3) is 0 Å². The Morgan fingerprint density at radius 2 is 1.86 bits per heavy atom. The van der Waals surface area contributed by atoms with E-state index in [4.69, 9.17) is 23.2 Å². The first kappa shape index (κ1) is 25.4. The number of hydrogen-bond acceptors (Lipinski definition) is 4. The molecule has 0 saturated carbocycles. The first-order valence-electron chi connectivity index (χ1n) is 11.0. The van der Waals surface area contributed by atoms with Crippen LogP contribution in [0.4, 0.5) is 14.9 Å².